The largest absolute Gasteiger partial charge is 0.307 e. The van der Waals surface area contributed by atoms with Gasteiger partial charge in [0.1, 0.15) is 18.5 Å². The van der Waals surface area contributed by atoms with E-state index in [1.54, 1.807) is 17.2 Å². The van der Waals surface area contributed by atoms with Gasteiger partial charge in [-0.05, 0) is 12.8 Å². The number of nitrogens with one attached hydrogen (secondary N) is 1. The lowest BCUT2D eigenvalue weighted by Crippen LogP contribution is -2.19. The van der Waals surface area contributed by atoms with Gasteiger partial charge in [-0.15, -0.1) is 0 Å². The smallest absolute Gasteiger partial charge is 0.158 e. The van der Waals surface area contributed by atoms with E-state index in [9.17, 15) is 0 Å². The highest BCUT2D eigenvalue weighted by Gasteiger charge is 2.21. The Morgan fingerprint density at radius 3 is 3.00 bits per heavy atom. The Balaban J connectivity index is 1.81. The van der Waals surface area contributed by atoms with Gasteiger partial charge in [0.05, 0.1) is 6.54 Å². The van der Waals surface area contributed by atoms with Crippen LogP contribution in [0.3, 0.4) is 0 Å². The molecule has 0 atom stereocenters. The van der Waals surface area contributed by atoms with E-state index in [2.05, 4.69) is 25.4 Å². The summed E-state index contributed by atoms with van der Waals surface area (Å²) in [5.74, 6) is 1.63. The Kier molecular flexibility index (Phi) is 2.34. The number of aromatic nitrogens is 5. The second-order valence-corrected chi connectivity index (χ2v) is 3.81. The van der Waals surface area contributed by atoms with Crippen LogP contribution in [-0.2, 0) is 6.54 Å². The lowest BCUT2D eigenvalue weighted by atomic mass is 10.5. The molecule has 2 heterocycles. The van der Waals surface area contributed by atoms with E-state index in [4.69, 9.17) is 0 Å². The van der Waals surface area contributed by atoms with Crippen LogP contribution in [0.5, 0.6) is 0 Å². The van der Waals surface area contributed by atoms with Gasteiger partial charge in [0, 0.05) is 18.3 Å². The summed E-state index contributed by atoms with van der Waals surface area (Å²) in [4.78, 5) is 12.2. The monoisotopic (exact) mass is 216 g/mol. The first kappa shape index (κ1) is 9.41. The fourth-order valence-electron chi connectivity index (χ4n) is 1.51. The fraction of sp³-hybridized carbons (Fsp3) is 0.400. The second-order valence-electron chi connectivity index (χ2n) is 3.81. The van der Waals surface area contributed by atoms with E-state index >= 15 is 0 Å². The van der Waals surface area contributed by atoms with Crippen LogP contribution in [0.15, 0.2) is 24.9 Å². The minimum absolute atomic E-state index is 0.663. The van der Waals surface area contributed by atoms with Gasteiger partial charge < -0.3 is 5.32 Å². The van der Waals surface area contributed by atoms with E-state index < -0.39 is 0 Å². The van der Waals surface area contributed by atoms with E-state index in [-0.39, 0.29) is 0 Å². The lowest BCUT2D eigenvalue weighted by Gasteiger charge is -2.04. The Morgan fingerprint density at radius 2 is 2.25 bits per heavy atom. The number of nitrogens with zero attached hydrogens (tertiary/aromatic N) is 5. The highest BCUT2D eigenvalue weighted by atomic mass is 15.4. The molecule has 1 aliphatic rings. The number of hydrogen-bond donors (Lipinski definition) is 1. The van der Waals surface area contributed by atoms with Gasteiger partial charge in [0.25, 0.3) is 0 Å². The molecule has 6 nitrogen and oxygen atoms in total. The molecule has 0 aromatic carbocycles. The fourth-order valence-corrected chi connectivity index (χ4v) is 1.51. The molecule has 6 heteroatoms. The van der Waals surface area contributed by atoms with Crippen LogP contribution in [0.2, 0.25) is 0 Å². The summed E-state index contributed by atoms with van der Waals surface area (Å²) < 4.78 is 1.73. The first-order chi connectivity index (χ1) is 7.93. The highest BCUT2D eigenvalue weighted by molar-refractivity contribution is 5.18. The van der Waals surface area contributed by atoms with Crippen LogP contribution in [0.1, 0.15) is 18.7 Å². The molecule has 2 aromatic heterocycles. The van der Waals surface area contributed by atoms with Crippen molar-refractivity contribution in [1.82, 2.24) is 30.0 Å². The first-order valence-electron chi connectivity index (χ1n) is 5.32. The molecule has 0 radical (unpaired) electrons. The van der Waals surface area contributed by atoms with Crippen molar-refractivity contribution >= 4 is 0 Å². The molecule has 1 saturated carbocycles. The van der Waals surface area contributed by atoms with Gasteiger partial charge >= 0.3 is 0 Å². The topological polar surface area (TPSA) is 68.5 Å². The zero-order chi connectivity index (χ0) is 10.8. The van der Waals surface area contributed by atoms with Gasteiger partial charge in [-0.25, -0.2) is 15.0 Å². The van der Waals surface area contributed by atoms with E-state index in [0.717, 1.165) is 18.2 Å². The van der Waals surface area contributed by atoms with Crippen LogP contribution in [0.4, 0.5) is 0 Å². The van der Waals surface area contributed by atoms with Gasteiger partial charge in [0.15, 0.2) is 5.82 Å². The average Bonchev–Trinajstić information content (AvgIpc) is 3.05. The normalized spacial score (nSPS) is 15.2. The molecule has 3 rings (SSSR count). The molecular weight excluding hydrogens is 204 g/mol. The molecule has 0 spiro atoms. The lowest BCUT2D eigenvalue weighted by molar-refractivity contribution is 0.633. The standard InChI is InChI=1S/C10H12N6/c1-2-8(1)12-5-10-14-7-15-16(10)9-3-4-11-6-13-9/h3-4,6-8,12H,1-2,5H2. The zero-order valence-corrected chi connectivity index (χ0v) is 8.74. The van der Waals surface area contributed by atoms with Gasteiger partial charge in [-0.2, -0.15) is 9.78 Å². The third kappa shape index (κ3) is 1.92. The Hall–Kier alpha value is -1.82. The minimum Gasteiger partial charge on any atom is -0.307 e. The van der Waals surface area contributed by atoms with E-state index in [1.165, 1.54) is 19.2 Å². The van der Waals surface area contributed by atoms with Crippen molar-refractivity contribution in [3.8, 4) is 5.82 Å². The first-order valence-corrected chi connectivity index (χ1v) is 5.32. The molecule has 0 saturated heterocycles. The molecular formula is C10H12N6. The van der Waals surface area contributed by atoms with Crippen molar-refractivity contribution in [2.24, 2.45) is 0 Å². The molecule has 0 aliphatic heterocycles. The molecule has 16 heavy (non-hydrogen) atoms. The second kappa shape index (κ2) is 3.97. The zero-order valence-electron chi connectivity index (χ0n) is 8.74. The number of hydrogen-bond acceptors (Lipinski definition) is 5. The molecule has 1 N–H and O–H groups in total. The summed E-state index contributed by atoms with van der Waals surface area (Å²) in [6.45, 7) is 0.731. The summed E-state index contributed by atoms with van der Waals surface area (Å²) in [5.41, 5.74) is 0. The molecule has 1 fully saturated rings. The molecule has 0 unspecified atom stereocenters. The predicted molar refractivity (Wildman–Crippen MR) is 56.8 cm³/mol. The summed E-state index contributed by atoms with van der Waals surface area (Å²) >= 11 is 0. The third-order valence-electron chi connectivity index (χ3n) is 2.53. The maximum atomic E-state index is 4.22. The molecule has 0 amide bonds. The quantitative estimate of drug-likeness (QED) is 0.796. The van der Waals surface area contributed by atoms with Gasteiger partial charge in [-0.1, -0.05) is 0 Å². The summed E-state index contributed by atoms with van der Waals surface area (Å²) in [6, 6.07) is 2.48. The van der Waals surface area contributed by atoms with Crippen molar-refractivity contribution in [2.75, 3.05) is 0 Å². The van der Waals surface area contributed by atoms with Crippen LogP contribution in [-0.4, -0.2) is 30.8 Å². The number of rotatable bonds is 4. The molecule has 82 valence electrons. The third-order valence-corrected chi connectivity index (χ3v) is 2.53. The van der Waals surface area contributed by atoms with Gasteiger partial charge in [0.2, 0.25) is 0 Å². The van der Waals surface area contributed by atoms with Gasteiger partial charge in [-0.3, -0.25) is 0 Å². The predicted octanol–water partition coefficient (Wildman–Crippen LogP) is 0.309. The van der Waals surface area contributed by atoms with Crippen molar-refractivity contribution in [2.45, 2.75) is 25.4 Å². The van der Waals surface area contributed by atoms with Crippen LogP contribution in [0, 0.1) is 0 Å². The van der Waals surface area contributed by atoms with E-state index in [0.29, 0.717) is 6.04 Å². The minimum atomic E-state index is 0.663. The molecule has 1 aliphatic carbocycles. The van der Waals surface area contributed by atoms with Crippen LogP contribution < -0.4 is 5.32 Å². The van der Waals surface area contributed by atoms with Crippen molar-refractivity contribution in [1.29, 1.82) is 0 Å². The maximum Gasteiger partial charge on any atom is 0.158 e. The van der Waals surface area contributed by atoms with Crippen molar-refractivity contribution in [3.05, 3.63) is 30.7 Å². The van der Waals surface area contributed by atoms with E-state index in [1.807, 2.05) is 6.07 Å². The average molecular weight is 216 g/mol. The maximum absolute atomic E-state index is 4.22. The Labute approximate surface area is 92.8 Å². The van der Waals surface area contributed by atoms with Crippen LogP contribution in [0.25, 0.3) is 5.82 Å². The molecule has 2 aromatic rings. The van der Waals surface area contributed by atoms with Crippen molar-refractivity contribution in [3.63, 3.8) is 0 Å². The highest BCUT2D eigenvalue weighted by Crippen LogP contribution is 2.19. The SMILES string of the molecule is c1cc(-n2ncnc2CNC2CC2)ncn1. The van der Waals surface area contributed by atoms with Crippen LogP contribution >= 0.6 is 0 Å². The summed E-state index contributed by atoms with van der Waals surface area (Å²) in [7, 11) is 0. The van der Waals surface area contributed by atoms with Crippen molar-refractivity contribution < 1.29 is 0 Å². The Morgan fingerprint density at radius 1 is 1.31 bits per heavy atom. The summed E-state index contributed by atoms with van der Waals surface area (Å²) in [6.07, 6.45) is 7.28. The molecule has 0 bridgehead atoms. The summed E-state index contributed by atoms with van der Waals surface area (Å²) in [5, 5.41) is 7.56. The Bertz CT molecular complexity index is 461.